The third-order valence-electron chi connectivity index (χ3n) is 4.68. The third kappa shape index (κ3) is 4.76. The summed E-state index contributed by atoms with van der Waals surface area (Å²) < 4.78 is 11.1. The van der Waals surface area contributed by atoms with Crippen molar-refractivity contribution in [3.63, 3.8) is 0 Å². The highest BCUT2D eigenvalue weighted by Gasteiger charge is 2.19. The number of benzene rings is 2. The lowest BCUT2D eigenvalue weighted by molar-refractivity contribution is -0.118. The van der Waals surface area contributed by atoms with Gasteiger partial charge in [-0.15, -0.1) is 0 Å². The molecular formula is C21H26N2O3. The van der Waals surface area contributed by atoms with Gasteiger partial charge >= 0.3 is 0 Å². The summed E-state index contributed by atoms with van der Waals surface area (Å²) in [5.74, 6) is 0.564. The molecule has 0 aromatic heterocycles. The summed E-state index contributed by atoms with van der Waals surface area (Å²) in [5.41, 5.74) is 2.94. The maximum atomic E-state index is 12.1. The van der Waals surface area contributed by atoms with Crippen molar-refractivity contribution >= 4 is 17.3 Å². The van der Waals surface area contributed by atoms with Crippen LogP contribution in [0.3, 0.4) is 0 Å². The fourth-order valence-electron chi connectivity index (χ4n) is 3.18. The van der Waals surface area contributed by atoms with E-state index in [2.05, 4.69) is 10.2 Å². The van der Waals surface area contributed by atoms with Gasteiger partial charge < -0.3 is 19.7 Å². The Morgan fingerprint density at radius 1 is 1.19 bits per heavy atom. The van der Waals surface area contributed by atoms with Gasteiger partial charge in [-0.2, -0.15) is 0 Å². The molecule has 0 saturated carbocycles. The molecule has 1 heterocycles. The zero-order valence-electron chi connectivity index (χ0n) is 15.4. The molecular weight excluding hydrogens is 328 g/mol. The van der Waals surface area contributed by atoms with E-state index in [1.54, 1.807) is 7.11 Å². The first-order chi connectivity index (χ1) is 12.7. The number of para-hydroxylation sites is 1. The molecule has 3 rings (SSSR count). The van der Waals surface area contributed by atoms with Crippen LogP contribution in [-0.2, 0) is 9.53 Å². The minimum atomic E-state index is -0.168. The number of piperidine rings is 1. The second-order valence-corrected chi connectivity index (χ2v) is 6.60. The highest BCUT2D eigenvalue weighted by atomic mass is 16.5. The van der Waals surface area contributed by atoms with E-state index in [9.17, 15) is 4.79 Å². The van der Waals surface area contributed by atoms with Gasteiger partial charge in [-0.25, -0.2) is 0 Å². The van der Waals surface area contributed by atoms with Gasteiger partial charge in [-0.1, -0.05) is 18.2 Å². The Bertz CT molecular complexity index is 730. The largest absolute Gasteiger partial charge is 0.483 e. The zero-order valence-corrected chi connectivity index (χ0v) is 15.4. The van der Waals surface area contributed by atoms with E-state index in [4.69, 9.17) is 9.47 Å². The number of ether oxygens (including phenoxy) is 2. The van der Waals surface area contributed by atoms with Gasteiger partial charge in [0.25, 0.3) is 5.91 Å². The molecule has 26 heavy (non-hydrogen) atoms. The number of nitrogens with one attached hydrogen (secondary N) is 1. The number of amides is 1. The molecule has 1 atom stereocenters. The van der Waals surface area contributed by atoms with Crippen molar-refractivity contribution in [1.82, 2.24) is 0 Å². The van der Waals surface area contributed by atoms with E-state index in [1.807, 2.05) is 55.5 Å². The molecule has 1 fully saturated rings. The number of hydrogen-bond acceptors (Lipinski definition) is 4. The molecule has 1 N–H and O–H groups in total. The SMILES string of the molecule is COC1CCCN(c2ccc(NC(=O)COc3ccccc3C)cc2)C1. The van der Waals surface area contributed by atoms with Gasteiger partial charge in [0.1, 0.15) is 5.75 Å². The highest BCUT2D eigenvalue weighted by molar-refractivity contribution is 5.92. The van der Waals surface area contributed by atoms with Gasteiger partial charge in [0.2, 0.25) is 0 Å². The molecule has 1 saturated heterocycles. The Labute approximate surface area is 154 Å². The van der Waals surface area contributed by atoms with Crippen LogP contribution < -0.4 is 15.0 Å². The summed E-state index contributed by atoms with van der Waals surface area (Å²) in [7, 11) is 1.77. The standard InChI is InChI=1S/C21H26N2O3/c1-16-6-3-4-8-20(16)26-15-21(24)22-17-9-11-18(12-10-17)23-13-5-7-19(14-23)25-2/h3-4,6,8-12,19H,5,7,13-15H2,1-2H3,(H,22,24). The molecule has 2 aromatic rings. The fraction of sp³-hybridized carbons (Fsp3) is 0.381. The van der Waals surface area contributed by atoms with Crippen LogP contribution in [0.5, 0.6) is 5.75 Å². The average Bonchev–Trinajstić information content (AvgIpc) is 2.68. The van der Waals surface area contributed by atoms with E-state index in [-0.39, 0.29) is 12.5 Å². The molecule has 1 amide bonds. The van der Waals surface area contributed by atoms with Crippen LogP contribution in [0.25, 0.3) is 0 Å². The molecule has 0 spiro atoms. The van der Waals surface area contributed by atoms with E-state index in [1.165, 1.54) is 0 Å². The van der Waals surface area contributed by atoms with E-state index >= 15 is 0 Å². The molecule has 5 nitrogen and oxygen atoms in total. The van der Waals surface area contributed by atoms with Crippen LogP contribution in [0.15, 0.2) is 48.5 Å². The normalized spacial score (nSPS) is 17.0. The maximum absolute atomic E-state index is 12.1. The van der Waals surface area contributed by atoms with Crippen LogP contribution >= 0.6 is 0 Å². The van der Waals surface area contributed by atoms with Crippen LogP contribution in [0.4, 0.5) is 11.4 Å². The molecule has 138 valence electrons. The third-order valence-corrected chi connectivity index (χ3v) is 4.68. The second kappa shape index (κ2) is 8.72. The minimum absolute atomic E-state index is 0.00571. The van der Waals surface area contributed by atoms with E-state index in [0.717, 1.165) is 48.6 Å². The monoisotopic (exact) mass is 354 g/mol. The van der Waals surface area contributed by atoms with Crippen LogP contribution in [0.2, 0.25) is 0 Å². The highest BCUT2D eigenvalue weighted by Crippen LogP contribution is 2.23. The number of anilines is 2. The van der Waals surface area contributed by atoms with Crippen molar-refractivity contribution < 1.29 is 14.3 Å². The van der Waals surface area contributed by atoms with Crippen LogP contribution in [0.1, 0.15) is 18.4 Å². The van der Waals surface area contributed by atoms with Crippen LogP contribution in [0, 0.1) is 6.92 Å². The number of carbonyl (C=O) groups excluding carboxylic acids is 1. The summed E-state index contributed by atoms with van der Waals surface area (Å²) in [6.07, 6.45) is 2.54. The van der Waals surface area contributed by atoms with Crippen molar-refractivity contribution in [3.8, 4) is 5.75 Å². The summed E-state index contributed by atoms with van der Waals surface area (Å²) in [6.45, 7) is 3.90. The lowest BCUT2D eigenvalue weighted by atomic mass is 10.1. The molecule has 0 bridgehead atoms. The Morgan fingerprint density at radius 2 is 1.96 bits per heavy atom. The zero-order chi connectivity index (χ0) is 18.4. The molecule has 1 unspecified atom stereocenters. The summed E-state index contributed by atoms with van der Waals surface area (Å²) in [4.78, 5) is 14.4. The first-order valence-corrected chi connectivity index (χ1v) is 9.02. The Hall–Kier alpha value is -2.53. The molecule has 1 aliphatic heterocycles. The van der Waals surface area contributed by atoms with Crippen molar-refractivity contribution in [2.24, 2.45) is 0 Å². The summed E-state index contributed by atoms with van der Waals surface area (Å²) >= 11 is 0. The lowest BCUT2D eigenvalue weighted by Crippen LogP contribution is -2.39. The Kier molecular flexibility index (Phi) is 6.12. The first-order valence-electron chi connectivity index (χ1n) is 9.02. The van der Waals surface area contributed by atoms with Gasteiger partial charge in [-0.05, 0) is 55.7 Å². The van der Waals surface area contributed by atoms with E-state index < -0.39 is 0 Å². The molecule has 1 aliphatic rings. The number of hydrogen-bond donors (Lipinski definition) is 1. The maximum Gasteiger partial charge on any atom is 0.262 e. The second-order valence-electron chi connectivity index (χ2n) is 6.60. The number of carbonyl (C=O) groups is 1. The molecule has 5 heteroatoms. The fourth-order valence-corrected chi connectivity index (χ4v) is 3.18. The molecule has 0 radical (unpaired) electrons. The number of rotatable bonds is 6. The predicted molar refractivity (Wildman–Crippen MR) is 104 cm³/mol. The smallest absolute Gasteiger partial charge is 0.262 e. The number of aryl methyl sites for hydroxylation is 1. The molecule has 2 aromatic carbocycles. The van der Waals surface area contributed by atoms with Gasteiger partial charge in [0.15, 0.2) is 6.61 Å². The average molecular weight is 354 g/mol. The van der Waals surface area contributed by atoms with Gasteiger partial charge in [0, 0.05) is 31.6 Å². The Balaban J connectivity index is 1.52. The van der Waals surface area contributed by atoms with Crippen molar-refractivity contribution in [1.29, 1.82) is 0 Å². The van der Waals surface area contributed by atoms with Crippen molar-refractivity contribution in [2.75, 3.05) is 37.0 Å². The van der Waals surface area contributed by atoms with Gasteiger partial charge in [-0.3, -0.25) is 4.79 Å². The topological polar surface area (TPSA) is 50.8 Å². The quantitative estimate of drug-likeness (QED) is 0.861. The van der Waals surface area contributed by atoms with E-state index in [0.29, 0.717) is 6.10 Å². The predicted octanol–water partition coefficient (Wildman–Crippen LogP) is 3.63. The van der Waals surface area contributed by atoms with Gasteiger partial charge in [0.05, 0.1) is 6.10 Å². The minimum Gasteiger partial charge on any atom is -0.483 e. The van der Waals surface area contributed by atoms with Crippen molar-refractivity contribution in [2.45, 2.75) is 25.9 Å². The number of nitrogens with zero attached hydrogens (tertiary/aromatic N) is 1. The summed E-state index contributed by atoms with van der Waals surface area (Å²) in [5, 5.41) is 2.87. The molecule has 0 aliphatic carbocycles. The summed E-state index contributed by atoms with van der Waals surface area (Å²) in [6, 6.07) is 15.6. The lowest BCUT2D eigenvalue weighted by Gasteiger charge is -2.33. The van der Waals surface area contributed by atoms with Crippen molar-refractivity contribution in [3.05, 3.63) is 54.1 Å². The Morgan fingerprint density at radius 3 is 2.69 bits per heavy atom. The number of methoxy groups -OCH3 is 1. The van der Waals surface area contributed by atoms with Crippen LogP contribution in [-0.4, -0.2) is 38.8 Å². The first kappa shape index (κ1) is 18.3.